The first-order valence-corrected chi connectivity index (χ1v) is 5.83. The minimum absolute atomic E-state index is 0.0312. The van der Waals surface area contributed by atoms with Crippen LogP contribution in [-0.2, 0) is 0 Å². The highest BCUT2D eigenvalue weighted by molar-refractivity contribution is 5.50. The molecule has 2 nitrogen and oxygen atoms in total. The van der Waals surface area contributed by atoms with Crippen molar-refractivity contribution in [1.29, 1.82) is 0 Å². The molecule has 1 aliphatic rings. The molecule has 1 fully saturated rings. The summed E-state index contributed by atoms with van der Waals surface area (Å²) in [5.74, 6) is 0. The molecule has 0 aliphatic heterocycles. The van der Waals surface area contributed by atoms with Crippen LogP contribution in [0.25, 0.3) is 0 Å². The second-order valence-electron chi connectivity index (χ2n) is 4.82. The molecule has 0 bridgehead atoms. The van der Waals surface area contributed by atoms with E-state index in [9.17, 15) is 4.39 Å². The molecule has 2 rings (SSSR count). The standard InChI is InChI=1S/C13H19FN2/c1-10-4-2-3-5-12(10)16-9-13(14)7-6-11(15)8-13/h2-5,11,16H,6-9,15H2,1H3. The van der Waals surface area contributed by atoms with Gasteiger partial charge in [-0.2, -0.15) is 0 Å². The van der Waals surface area contributed by atoms with Gasteiger partial charge in [0.1, 0.15) is 5.67 Å². The molecular formula is C13H19FN2. The first-order chi connectivity index (χ1) is 7.59. The summed E-state index contributed by atoms with van der Waals surface area (Å²) in [6.07, 6.45) is 1.85. The van der Waals surface area contributed by atoms with Gasteiger partial charge in [-0.15, -0.1) is 0 Å². The van der Waals surface area contributed by atoms with Crippen molar-refractivity contribution in [1.82, 2.24) is 0 Å². The molecule has 16 heavy (non-hydrogen) atoms. The van der Waals surface area contributed by atoms with Gasteiger partial charge < -0.3 is 11.1 Å². The number of hydrogen-bond donors (Lipinski definition) is 2. The molecule has 0 spiro atoms. The summed E-state index contributed by atoms with van der Waals surface area (Å²) in [6.45, 7) is 2.39. The Kier molecular flexibility index (Phi) is 3.15. The molecule has 3 N–H and O–H groups in total. The lowest BCUT2D eigenvalue weighted by molar-refractivity contribution is 0.187. The quantitative estimate of drug-likeness (QED) is 0.825. The summed E-state index contributed by atoms with van der Waals surface area (Å²) in [5, 5.41) is 3.19. The lowest BCUT2D eigenvalue weighted by Crippen LogP contribution is -2.31. The number of aryl methyl sites for hydroxylation is 1. The predicted molar refractivity (Wildman–Crippen MR) is 65.3 cm³/mol. The molecule has 0 heterocycles. The predicted octanol–water partition coefficient (Wildman–Crippen LogP) is 2.63. The van der Waals surface area contributed by atoms with Crippen molar-refractivity contribution in [3.63, 3.8) is 0 Å². The lowest BCUT2D eigenvalue weighted by atomic mass is 10.0. The van der Waals surface area contributed by atoms with Crippen molar-refractivity contribution in [2.75, 3.05) is 11.9 Å². The van der Waals surface area contributed by atoms with Crippen molar-refractivity contribution in [3.05, 3.63) is 29.8 Å². The third kappa shape index (κ3) is 2.53. The fourth-order valence-corrected chi connectivity index (χ4v) is 2.30. The van der Waals surface area contributed by atoms with E-state index in [4.69, 9.17) is 5.73 Å². The summed E-state index contributed by atoms with van der Waals surface area (Å²) >= 11 is 0. The van der Waals surface area contributed by atoms with Gasteiger partial charge in [0.15, 0.2) is 0 Å². The van der Waals surface area contributed by atoms with Gasteiger partial charge in [0, 0.05) is 18.3 Å². The molecule has 0 amide bonds. The van der Waals surface area contributed by atoms with Crippen LogP contribution in [0.5, 0.6) is 0 Å². The number of hydrogen-bond acceptors (Lipinski definition) is 2. The number of para-hydroxylation sites is 1. The molecule has 2 unspecified atom stereocenters. The summed E-state index contributed by atoms with van der Waals surface area (Å²) < 4.78 is 14.2. The Labute approximate surface area is 96.0 Å². The highest BCUT2D eigenvalue weighted by atomic mass is 19.1. The van der Waals surface area contributed by atoms with E-state index in [1.165, 1.54) is 0 Å². The first kappa shape index (κ1) is 11.4. The van der Waals surface area contributed by atoms with E-state index in [1.807, 2.05) is 31.2 Å². The first-order valence-electron chi connectivity index (χ1n) is 5.83. The smallest absolute Gasteiger partial charge is 0.129 e. The van der Waals surface area contributed by atoms with Crippen LogP contribution in [0.1, 0.15) is 24.8 Å². The number of nitrogens with two attached hydrogens (primary N) is 1. The maximum Gasteiger partial charge on any atom is 0.129 e. The van der Waals surface area contributed by atoms with Gasteiger partial charge in [-0.3, -0.25) is 0 Å². The topological polar surface area (TPSA) is 38.0 Å². The second-order valence-corrected chi connectivity index (χ2v) is 4.82. The van der Waals surface area contributed by atoms with Crippen molar-refractivity contribution in [3.8, 4) is 0 Å². The van der Waals surface area contributed by atoms with Crippen LogP contribution in [0.2, 0.25) is 0 Å². The number of halogens is 1. The van der Waals surface area contributed by atoms with E-state index in [0.717, 1.165) is 17.7 Å². The third-order valence-electron chi connectivity index (χ3n) is 3.33. The van der Waals surface area contributed by atoms with Crippen molar-refractivity contribution >= 4 is 5.69 Å². The van der Waals surface area contributed by atoms with Gasteiger partial charge in [0.2, 0.25) is 0 Å². The molecule has 1 aromatic rings. The SMILES string of the molecule is Cc1ccccc1NCC1(F)CCC(N)C1. The van der Waals surface area contributed by atoms with Crippen molar-refractivity contribution < 1.29 is 4.39 Å². The number of rotatable bonds is 3. The molecule has 2 atom stereocenters. The van der Waals surface area contributed by atoms with Gasteiger partial charge in [0.05, 0.1) is 0 Å². The van der Waals surface area contributed by atoms with Gasteiger partial charge in [-0.1, -0.05) is 18.2 Å². The summed E-state index contributed by atoms with van der Waals surface area (Å²) in [7, 11) is 0. The van der Waals surface area contributed by atoms with E-state index in [2.05, 4.69) is 5.32 Å². The van der Waals surface area contributed by atoms with Crippen LogP contribution < -0.4 is 11.1 Å². The number of alkyl halides is 1. The Morgan fingerprint density at radius 1 is 1.50 bits per heavy atom. The maximum absolute atomic E-state index is 14.2. The molecule has 0 saturated heterocycles. The van der Waals surface area contributed by atoms with E-state index in [0.29, 0.717) is 19.4 Å². The third-order valence-corrected chi connectivity index (χ3v) is 3.33. The van der Waals surface area contributed by atoms with Crippen LogP contribution in [0.3, 0.4) is 0 Å². The fraction of sp³-hybridized carbons (Fsp3) is 0.538. The largest absolute Gasteiger partial charge is 0.382 e. The fourth-order valence-electron chi connectivity index (χ4n) is 2.30. The molecule has 1 aliphatic carbocycles. The van der Waals surface area contributed by atoms with Crippen LogP contribution in [-0.4, -0.2) is 18.3 Å². The molecule has 1 saturated carbocycles. The molecule has 1 aromatic carbocycles. The Hall–Kier alpha value is -1.09. The van der Waals surface area contributed by atoms with Gasteiger partial charge >= 0.3 is 0 Å². The Balaban J connectivity index is 1.95. The highest BCUT2D eigenvalue weighted by Gasteiger charge is 2.37. The zero-order valence-electron chi connectivity index (χ0n) is 9.67. The average molecular weight is 222 g/mol. The van der Waals surface area contributed by atoms with Gasteiger partial charge in [-0.05, 0) is 37.8 Å². The zero-order valence-corrected chi connectivity index (χ0v) is 9.67. The van der Waals surface area contributed by atoms with Crippen LogP contribution in [0.15, 0.2) is 24.3 Å². The summed E-state index contributed by atoms with van der Waals surface area (Å²) in [5.41, 5.74) is 6.78. The lowest BCUT2D eigenvalue weighted by Gasteiger charge is -2.21. The maximum atomic E-state index is 14.2. The van der Waals surface area contributed by atoms with Gasteiger partial charge in [-0.25, -0.2) is 4.39 Å². The highest BCUT2D eigenvalue weighted by Crippen LogP contribution is 2.33. The minimum atomic E-state index is -1.12. The number of anilines is 1. The Morgan fingerprint density at radius 3 is 2.88 bits per heavy atom. The van der Waals surface area contributed by atoms with E-state index in [-0.39, 0.29) is 6.04 Å². The van der Waals surface area contributed by atoms with E-state index >= 15 is 0 Å². The molecular weight excluding hydrogens is 203 g/mol. The normalized spacial score (nSPS) is 29.3. The second kappa shape index (κ2) is 4.42. The molecule has 0 aromatic heterocycles. The minimum Gasteiger partial charge on any atom is -0.382 e. The Bertz CT molecular complexity index is 367. The van der Waals surface area contributed by atoms with Gasteiger partial charge in [0.25, 0.3) is 0 Å². The average Bonchev–Trinajstić information content (AvgIpc) is 2.58. The van der Waals surface area contributed by atoms with Crippen LogP contribution in [0.4, 0.5) is 10.1 Å². The zero-order chi connectivity index (χ0) is 11.6. The van der Waals surface area contributed by atoms with E-state index < -0.39 is 5.67 Å². The molecule has 88 valence electrons. The van der Waals surface area contributed by atoms with Crippen molar-refractivity contribution in [2.24, 2.45) is 5.73 Å². The summed E-state index contributed by atoms with van der Waals surface area (Å²) in [4.78, 5) is 0. The van der Waals surface area contributed by atoms with Crippen molar-refractivity contribution in [2.45, 2.75) is 37.9 Å². The monoisotopic (exact) mass is 222 g/mol. The number of nitrogens with one attached hydrogen (secondary N) is 1. The number of benzene rings is 1. The molecule has 3 heteroatoms. The summed E-state index contributed by atoms with van der Waals surface area (Å²) in [6, 6.07) is 7.97. The molecule has 0 radical (unpaired) electrons. The Morgan fingerprint density at radius 2 is 2.25 bits per heavy atom. The van der Waals surface area contributed by atoms with Crippen LogP contribution >= 0.6 is 0 Å². The van der Waals surface area contributed by atoms with E-state index in [1.54, 1.807) is 0 Å². The van der Waals surface area contributed by atoms with Crippen LogP contribution in [0, 0.1) is 6.92 Å².